The Morgan fingerprint density at radius 1 is 1.24 bits per heavy atom. The van der Waals surface area contributed by atoms with Gasteiger partial charge in [0.15, 0.2) is 0 Å². The van der Waals surface area contributed by atoms with Gasteiger partial charge in [0.2, 0.25) is 0 Å². The number of halogens is 1. The molecule has 0 amide bonds. The van der Waals surface area contributed by atoms with Gasteiger partial charge in [-0.15, -0.1) is 11.6 Å². The molecule has 17 heavy (non-hydrogen) atoms. The van der Waals surface area contributed by atoms with Crippen molar-refractivity contribution in [1.82, 2.24) is 0 Å². The minimum Gasteiger partial charge on any atom is -0.378 e. The summed E-state index contributed by atoms with van der Waals surface area (Å²) >= 11 is 6.44. The van der Waals surface area contributed by atoms with Crippen molar-refractivity contribution in [3.8, 4) is 0 Å². The van der Waals surface area contributed by atoms with Gasteiger partial charge < -0.3 is 4.74 Å². The predicted molar refractivity (Wildman–Crippen MR) is 72.7 cm³/mol. The molecule has 1 aromatic rings. The molecule has 1 aliphatic heterocycles. The zero-order valence-electron chi connectivity index (χ0n) is 10.7. The molecule has 0 aliphatic carbocycles. The minimum absolute atomic E-state index is 0.0827. The Hall–Kier alpha value is -0.530. The summed E-state index contributed by atoms with van der Waals surface area (Å²) in [6, 6.07) is 8.68. The van der Waals surface area contributed by atoms with Crippen LogP contribution in [0.5, 0.6) is 0 Å². The van der Waals surface area contributed by atoms with E-state index < -0.39 is 0 Å². The molecule has 0 radical (unpaired) electrons. The lowest BCUT2D eigenvalue weighted by atomic mass is 9.99. The molecule has 1 aromatic carbocycles. The van der Waals surface area contributed by atoms with E-state index in [-0.39, 0.29) is 5.38 Å². The SMILES string of the molecule is CC(C)c1ccc(C(Cl)CC2CCCO2)cc1. The maximum atomic E-state index is 6.44. The molecule has 2 unspecified atom stereocenters. The van der Waals surface area contributed by atoms with Crippen LogP contribution in [-0.2, 0) is 4.74 Å². The Morgan fingerprint density at radius 2 is 1.88 bits per heavy atom. The molecule has 1 saturated heterocycles. The fourth-order valence-electron chi connectivity index (χ4n) is 2.29. The Kier molecular flexibility index (Phi) is 4.47. The maximum absolute atomic E-state index is 6.44. The van der Waals surface area contributed by atoms with Crippen LogP contribution in [-0.4, -0.2) is 12.7 Å². The number of rotatable bonds is 4. The van der Waals surface area contributed by atoms with Gasteiger partial charge in [-0.05, 0) is 36.3 Å². The van der Waals surface area contributed by atoms with Crippen LogP contribution in [0.3, 0.4) is 0 Å². The lowest BCUT2D eigenvalue weighted by molar-refractivity contribution is 0.103. The molecule has 2 heteroatoms. The van der Waals surface area contributed by atoms with Gasteiger partial charge in [0.05, 0.1) is 11.5 Å². The van der Waals surface area contributed by atoms with E-state index in [1.54, 1.807) is 0 Å². The summed E-state index contributed by atoms with van der Waals surface area (Å²) in [5.41, 5.74) is 2.58. The summed E-state index contributed by atoms with van der Waals surface area (Å²) in [4.78, 5) is 0. The standard InChI is InChI=1S/C15H21ClO/c1-11(2)12-5-7-13(8-6-12)15(16)10-14-4-3-9-17-14/h5-8,11,14-15H,3-4,9-10H2,1-2H3. The van der Waals surface area contributed by atoms with Crippen molar-refractivity contribution < 1.29 is 4.74 Å². The van der Waals surface area contributed by atoms with Crippen molar-refractivity contribution >= 4 is 11.6 Å². The molecule has 0 aromatic heterocycles. The Morgan fingerprint density at radius 3 is 2.41 bits per heavy atom. The van der Waals surface area contributed by atoms with Crippen LogP contribution in [0.1, 0.15) is 55.5 Å². The van der Waals surface area contributed by atoms with Crippen molar-refractivity contribution in [3.05, 3.63) is 35.4 Å². The second-order valence-electron chi connectivity index (χ2n) is 5.16. The van der Waals surface area contributed by atoms with E-state index in [1.165, 1.54) is 17.5 Å². The third kappa shape index (κ3) is 3.46. The molecule has 2 atom stereocenters. The molecular weight excluding hydrogens is 232 g/mol. The van der Waals surface area contributed by atoms with Crippen LogP contribution in [0.25, 0.3) is 0 Å². The third-order valence-electron chi connectivity index (χ3n) is 3.46. The van der Waals surface area contributed by atoms with E-state index in [0.29, 0.717) is 12.0 Å². The molecule has 0 saturated carbocycles. The van der Waals surface area contributed by atoms with Gasteiger partial charge >= 0.3 is 0 Å². The summed E-state index contributed by atoms with van der Waals surface area (Å²) in [5.74, 6) is 0.580. The molecule has 0 N–H and O–H groups in total. The second-order valence-corrected chi connectivity index (χ2v) is 5.69. The molecule has 1 aliphatic rings. The van der Waals surface area contributed by atoms with E-state index in [4.69, 9.17) is 16.3 Å². The molecule has 1 nitrogen and oxygen atoms in total. The number of hydrogen-bond donors (Lipinski definition) is 0. The van der Waals surface area contributed by atoms with Gasteiger partial charge in [-0.1, -0.05) is 38.1 Å². The van der Waals surface area contributed by atoms with Crippen molar-refractivity contribution in [1.29, 1.82) is 0 Å². The van der Waals surface area contributed by atoms with Gasteiger partial charge in [0.25, 0.3) is 0 Å². The third-order valence-corrected chi connectivity index (χ3v) is 3.89. The van der Waals surface area contributed by atoms with E-state index >= 15 is 0 Å². The molecule has 1 heterocycles. The highest BCUT2D eigenvalue weighted by Crippen LogP contribution is 2.30. The van der Waals surface area contributed by atoms with Gasteiger partial charge in [-0.3, -0.25) is 0 Å². The van der Waals surface area contributed by atoms with Gasteiger partial charge in [0.1, 0.15) is 0 Å². The molecular formula is C15H21ClO. The second kappa shape index (κ2) is 5.88. The highest BCUT2D eigenvalue weighted by atomic mass is 35.5. The first-order valence-electron chi connectivity index (χ1n) is 6.52. The van der Waals surface area contributed by atoms with Crippen LogP contribution < -0.4 is 0 Å². The van der Waals surface area contributed by atoms with E-state index in [9.17, 15) is 0 Å². The van der Waals surface area contributed by atoms with E-state index in [2.05, 4.69) is 38.1 Å². The number of ether oxygens (including phenoxy) is 1. The summed E-state index contributed by atoms with van der Waals surface area (Å²) < 4.78 is 5.62. The lowest BCUT2D eigenvalue weighted by Crippen LogP contribution is -2.08. The highest BCUT2D eigenvalue weighted by Gasteiger charge is 2.20. The van der Waals surface area contributed by atoms with Crippen molar-refractivity contribution in [3.63, 3.8) is 0 Å². The summed E-state index contributed by atoms with van der Waals surface area (Å²) in [5, 5.41) is 0.0827. The number of hydrogen-bond acceptors (Lipinski definition) is 1. The Balaban J connectivity index is 1.96. The normalized spacial score (nSPS) is 22.0. The topological polar surface area (TPSA) is 9.23 Å². The number of alkyl halides is 1. The average Bonchev–Trinajstić information content (AvgIpc) is 2.82. The maximum Gasteiger partial charge on any atom is 0.0609 e. The summed E-state index contributed by atoms with van der Waals surface area (Å²) in [7, 11) is 0. The largest absolute Gasteiger partial charge is 0.378 e. The van der Waals surface area contributed by atoms with Crippen LogP contribution in [0.2, 0.25) is 0 Å². The average molecular weight is 253 g/mol. The van der Waals surface area contributed by atoms with Crippen molar-refractivity contribution in [2.45, 2.75) is 50.5 Å². The molecule has 94 valence electrons. The summed E-state index contributed by atoms with van der Waals surface area (Å²) in [6.07, 6.45) is 3.64. The first-order valence-corrected chi connectivity index (χ1v) is 6.96. The fourth-order valence-corrected chi connectivity index (χ4v) is 2.63. The van der Waals surface area contributed by atoms with Crippen LogP contribution in [0, 0.1) is 0 Å². The first kappa shape index (κ1) is 12.9. The minimum atomic E-state index is 0.0827. The molecule has 0 spiro atoms. The zero-order valence-corrected chi connectivity index (χ0v) is 11.4. The Labute approximate surface area is 109 Å². The molecule has 0 bridgehead atoms. The lowest BCUT2D eigenvalue weighted by Gasteiger charge is -2.15. The Bertz CT molecular complexity index is 338. The van der Waals surface area contributed by atoms with Crippen molar-refractivity contribution in [2.24, 2.45) is 0 Å². The molecule has 1 fully saturated rings. The predicted octanol–water partition coefficient (Wildman–Crippen LogP) is 4.66. The van der Waals surface area contributed by atoms with Crippen LogP contribution in [0.4, 0.5) is 0 Å². The monoisotopic (exact) mass is 252 g/mol. The zero-order chi connectivity index (χ0) is 12.3. The van der Waals surface area contributed by atoms with Gasteiger partial charge in [0, 0.05) is 6.61 Å². The van der Waals surface area contributed by atoms with Gasteiger partial charge in [-0.25, -0.2) is 0 Å². The fraction of sp³-hybridized carbons (Fsp3) is 0.600. The summed E-state index contributed by atoms with van der Waals surface area (Å²) in [6.45, 7) is 5.32. The quantitative estimate of drug-likeness (QED) is 0.709. The van der Waals surface area contributed by atoms with Crippen LogP contribution in [0.15, 0.2) is 24.3 Å². The van der Waals surface area contributed by atoms with Gasteiger partial charge in [-0.2, -0.15) is 0 Å². The first-order chi connectivity index (χ1) is 8.16. The highest BCUT2D eigenvalue weighted by molar-refractivity contribution is 6.20. The molecule has 2 rings (SSSR count). The van der Waals surface area contributed by atoms with E-state index in [0.717, 1.165) is 19.4 Å². The van der Waals surface area contributed by atoms with Crippen molar-refractivity contribution in [2.75, 3.05) is 6.61 Å². The van der Waals surface area contributed by atoms with E-state index in [1.807, 2.05) is 0 Å². The van der Waals surface area contributed by atoms with Crippen LogP contribution >= 0.6 is 11.6 Å². The number of benzene rings is 1. The smallest absolute Gasteiger partial charge is 0.0609 e.